The lowest BCUT2D eigenvalue weighted by Crippen LogP contribution is -2.39. The summed E-state index contributed by atoms with van der Waals surface area (Å²) in [5.74, 6) is 0.528. The van der Waals surface area contributed by atoms with E-state index in [0.717, 1.165) is 11.6 Å². The van der Waals surface area contributed by atoms with Crippen molar-refractivity contribution in [3.63, 3.8) is 0 Å². The van der Waals surface area contributed by atoms with Gasteiger partial charge in [0, 0.05) is 5.02 Å². The van der Waals surface area contributed by atoms with E-state index in [9.17, 15) is 0 Å². The first-order chi connectivity index (χ1) is 7.75. The number of halogens is 1. The average Bonchev–Trinajstić information content (AvgIpc) is 2.25. The summed E-state index contributed by atoms with van der Waals surface area (Å²) in [6.45, 7) is 0.753. The van der Waals surface area contributed by atoms with Crippen LogP contribution in [0.25, 0.3) is 0 Å². The van der Waals surface area contributed by atoms with Gasteiger partial charge in [-0.05, 0) is 66.8 Å². The van der Waals surface area contributed by atoms with Gasteiger partial charge >= 0.3 is 0 Å². The molecule has 1 aromatic rings. The second kappa shape index (κ2) is 3.75. The van der Waals surface area contributed by atoms with E-state index in [1.807, 2.05) is 6.07 Å². The SMILES string of the molecule is NCC1CCC2(CCC2)c2ccc(Cl)cc21. The molecule has 1 spiro atoms. The fraction of sp³-hybridized carbons (Fsp3) is 0.571. The zero-order valence-corrected chi connectivity index (χ0v) is 10.3. The molecule has 0 saturated heterocycles. The fourth-order valence-electron chi connectivity index (χ4n) is 3.46. The second-order valence-electron chi connectivity index (χ2n) is 5.34. The zero-order valence-electron chi connectivity index (χ0n) is 9.51. The maximum atomic E-state index is 6.11. The monoisotopic (exact) mass is 235 g/mol. The molecular formula is C14H18ClN. The number of fused-ring (bicyclic) bond motifs is 2. The Morgan fingerprint density at radius 3 is 2.75 bits per heavy atom. The topological polar surface area (TPSA) is 26.0 Å². The van der Waals surface area contributed by atoms with E-state index in [1.54, 1.807) is 5.56 Å². The van der Waals surface area contributed by atoms with Crippen molar-refractivity contribution in [3.05, 3.63) is 34.3 Å². The van der Waals surface area contributed by atoms with Gasteiger partial charge < -0.3 is 5.73 Å². The lowest BCUT2D eigenvalue weighted by Gasteiger charge is -2.48. The first-order valence-corrected chi connectivity index (χ1v) is 6.63. The highest BCUT2D eigenvalue weighted by atomic mass is 35.5. The van der Waals surface area contributed by atoms with Gasteiger partial charge in [-0.1, -0.05) is 24.1 Å². The number of hydrogen-bond acceptors (Lipinski definition) is 1. The summed E-state index contributed by atoms with van der Waals surface area (Å²) >= 11 is 6.11. The van der Waals surface area contributed by atoms with Crippen molar-refractivity contribution >= 4 is 11.6 Å². The Hall–Kier alpha value is -0.530. The number of benzene rings is 1. The minimum Gasteiger partial charge on any atom is -0.330 e. The third-order valence-corrected chi connectivity index (χ3v) is 4.83. The third kappa shape index (κ3) is 1.42. The molecule has 2 N–H and O–H groups in total. The summed E-state index contributed by atoms with van der Waals surface area (Å²) < 4.78 is 0. The molecule has 0 aliphatic heterocycles. The molecule has 0 radical (unpaired) electrons. The summed E-state index contributed by atoms with van der Waals surface area (Å²) in [6, 6.07) is 6.44. The van der Waals surface area contributed by atoms with Gasteiger partial charge in [0.05, 0.1) is 0 Å². The standard InChI is InChI=1S/C14H18ClN/c15-11-2-3-13-12(8-11)10(9-16)4-7-14(13)5-1-6-14/h2-3,8,10H,1,4-7,9,16H2. The Kier molecular flexibility index (Phi) is 2.49. The van der Waals surface area contributed by atoms with Crippen LogP contribution in [0, 0.1) is 0 Å². The van der Waals surface area contributed by atoms with Gasteiger partial charge in [0.15, 0.2) is 0 Å². The van der Waals surface area contributed by atoms with Crippen molar-refractivity contribution < 1.29 is 0 Å². The van der Waals surface area contributed by atoms with Crippen molar-refractivity contribution in [2.45, 2.75) is 43.4 Å². The molecule has 2 aliphatic rings. The molecule has 1 nitrogen and oxygen atoms in total. The molecule has 2 heteroatoms. The summed E-state index contributed by atoms with van der Waals surface area (Å²) in [4.78, 5) is 0. The van der Waals surface area contributed by atoms with Crippen LogP contribution in [-0.2, 0) is 5.41 Å². The van der Waals surface area contributed by atoms with Gasteiger partial charge in [0.25, 0.3) is 0 Å². The first kappa shape index (κ1) is 10.6. The van der Waals surface area contributed by atoms with Gasteiger partial charge in [-0.3, -0.25) is 0 Å². The van der Waals surface area contributed by atoms with Gasteiger partial charge in [-0.2, -0.15) is 0 Å². The molecule has 2 aliphatic carbocycles. The molecule has 0 heterocycles. The van der Waals surface area contributed by atoms with E-state index in [4.69, 9.17) is 17.3 Å². The lowest BCUT2D eigenvalue weighted by molar-refractivity contribution is 0.199. The van der Waals surface area contributed by atoms with Crippen LogP contribution in [0.5, 0.6) is 0 Å². The van der Waals surface area contributed by atoms with Crippen molar-refractivity contribution in [2.24, 2.45) is 5.73 Å². The molecule has 1 atom stereocenters. The highest BCUT2D eigenvalue weighted by Crippen LogP contribution is 2.53. The molecule has 16 heavy (non-hydrogen) atoms. The molecule has 1 unspecified atom stereocenters. The number of rotatable bonds is 1. The van der Waals surface area contributed by atoms with Crippen LogP contribution in [0.3, 0.4) is 0 Å². The van der Waals surface area contributed by atoms with Crippen LogP contribution in [-0.4, -0.2) is 6.54 Å². The maximum absolute atomic E-state index is 6.11. The fourth-order valence-corrected chi connectivity index (χ4v) is 3.64. The average molecular weight is 236 g/mol. The highest BCUT2D eigenvalue weighted by Gasteiger charge is 2.43. The summed E-state index contributed by atoms with van der Waals surface area (Å²) in [7, 11) is 0. The van der Waals surface area contributed by atoms with Crippen LogP contribution < -0.4 is 5.73 Å². The van der Waals surface area contributed by atoms with Crippen LogP contribution >= 0.6 is 11.6 Å². The van der Waals surface area contributed by atoms with E-state index in [1.165, 1.54) is 37.7 Å². The molecule has 0 bridgehead atoms. The Morgan fingerprint density at radius 2 is 2.12 bits per heavy atom. The van der Waals surface area contributed by atoms with Crippen LogP contribution in [0.1, 0.15) is 49.1 Å². The smallest absolute Gasteiger partial charge is 0.0409 e. The number of nitrogens with two attached hydrogens (primary N) is 1. The predicted molar refractivity (Wildman–Crippen MR) is 68.0 cm³/mol. The van der Waals surface area contributed by atoms with Gasteiger partial charge in [0.1, 0.15) is 0 Å². The Bertz CT molecular complexity index is 409. The summed E-state index contributed by atoms with van der Waals surface area (Å²) in [6.07, 6.45) is 6.67. The Morgan fingerprint density at radius 1 is 1.31 bits per heavy atom. The van der Waals surface area contributed by atoms with E-state index in [2.05, 4.69) is 12.1 Å². The van der Waals surface area contributed by atoms with E-state index in [0.29, 0.717) is 11.3 Å². The van der Waals surface area contributed by atoms with Crippen LogP contribution in [0.4, 0.5) is 0 Å². The van der Waals surface area contributed by atoms with Crippen molar-refractivity contribution in [2.75, 3.05) is 6.54 Å². The normalized spacial score (nSPS) is 26.2. The minimum absolute atomic E-state index is 0.492. The van der Waals surface area contributed by atoms with E-state index in [-0.39, 0.29) is 0 Å². The zero-order chi connectivity index (χ0) is 11.2. The maximum Gasteiger partial charge on any atom is 0.0409 e. The first-order valence-electron chi connectivity index (χ1n) is 6.25. The van der Waals surface area contributed by atoms with Crippen molar-refractivity contribution in [1.29, 1.82) is 0 Å². The van der Waals surface area contributed by atoms with Gasteiger partial charge in [-0.25, -0.2) is 0 Å². The molecule has 0 amide bonds. The second-order valence-corrected chi connectivity index (χ2v) is 5.77. The molecule has 3 rings (SSSR count). The van der Waals surface area contributed by atoms with E-state index >= 15 is 0 Å². The lowest BCUT2D eigenvalue weighted by atomic mass is 9.56. The predicted octanol–water partition coefficient (Wildman–Crippen LogP) is 3.60. The summed E-state index contributed by atoms with van der Waals surface area (Å²) in [5.41, 5.74) is 9.34. The Balaban J connectivity index is 2.10. The third-order valence-electron chi connectivity index (χ3n) is 4.59. The molecule has 0 aromatic heterocycles. The summed E-state index contributed by atoms with van der Waals surface area (Å²) in [5, 5.41) is 0.855. The van der Waals surface area contributed by atoms with E-state index < -0.39 is 0 Å². The van der Waals surface area contributed by atoms with Gasteiger partial charge in [0.2, 0.25) is 0 Å². The number of hydrogen-bond donors (Lipinski definition) is 1. The quantitative estimate of drug-likeness (QED) is 0.791. The van der Waals surface area contributed by atoms with Crippen LogP contribution in [0.2, 0.25) is 5.02 Å². The molecule has 1 fully saturated rings. The molecule has 1 saturated carbocycles. The minimum atomic E-state index is 0.492. The molecule has 1 aromatic carbocycles. The van der Waals surface area contributed by atoms with Crippen molar-refractivity contribution in [3.8, 4) is 0 Å². The Labute approximate surface area is 102 Å². The van der Waals surface area contributed by atoms with Crippen LogP contribution in [0.15, 0.2) is 18.2 Å². The highest BCUT2D eigenvalue weighted by molar-refractivity contribution is 6.30. The largest absolute Gasteiger partial charge is 0.330 e. The van der Waals surface area contributed by atoms with Crippen molar-refractivity contribution in [1.82, 2.24) is 0 Å². The molecular weight excluding hydrogens is 218 g/mol. The molecule has 86 valence electrons. The van der Waals surface area contributed by atoms with Gasteiger partial charge in [-0.15, -0.1) is 0 Å².